The van der Waals surface area contributed by atoms with E-state index in [2.05, 4.69) is 27.1 Å². The number of phenolic OH excluding ortho intramolecular Hbond substituents is 1. The largest absolute Gasteiger partial charge is 0.508 e. The Bertz CT molecular complexity index is 1000. The minimum Gasteiger partial charge on any atom is -0.508 e. The predicted molar refractivity (Wildman–Crippen MR) is 110 cm³/mol. The van der Waals surface area contributed by atoms with Crippen molar-refractivity contribution in [2.45, 2.75) is 6.92 Å². The number of amides is 1. The third-order valence-corrected chi connectivity index (χ3v) is 3.88. The Balaban J connectivity index is 1.77. The quantitative estimate of drug-likeness (QED) is 0.425. The van der Waals surface area contributed by atoms with Gasteiger partial charge in [-0.25, -0.2) is 4.98 Å². The van der Waals surface area contributed by atoms with Crippen molar-refractivity contribution in [3.05, 3.63) is 60.4 Å². The van der Waals surface area contributed by atoms with Gasteiger partial charge in [-0.2, -0.15) is 0 Å². The maximum Gasteiger partial charge on any atom is 0.300 e. The average Bonchev–Trinajstić information content (AvgIpc) is 3.26. The third-order valence-electron chi connectivity index (χ3n) is 3.88. The zero-order valence-electron chi connectivity index (χ0n) is 15.9. The van der Waals surface area contributed by atoms with Crippen molar-refractivity contribution in [2.75, 3.05) is 25.1 Å². The summed E-state index contributed by atoms with van der Waals surface area (Å²) in [4.78, 5) is 19.6. The third kappa shape index (κ3) is 5.86. The van der Waals surface area contributed by atoms with Crippen molar-refractivity contribution in [3.8, 4) is 34.7 Å². The second-order valence-electron chi connectivity index (χ2n) is 5.95. The van der Waals surface area contributed by atoms with Crippen LogP contribution in [0.3, 0.4) is 0 Å². The molecule has 0 aliphatic rings. The molecule has 0 aliphatic heterocycles. The van der Waals surface area contributed by atoms with E-state index in [1.54, 1.807) is 36.7 Å². The van der Waals surface area contributed by atoms with Crippen LogP contribution < -0.4 is 10.1 Å². The van der Waals surface area contributed by atoms with Gasteiger partial charge in [-0.1, -0.05) is 5.92 Å². The monoisotopic (exact) mass is 391 g/mol. The van der Waals surface area contributed by atoms with E-state index in [4.69, 9.17) is 9.47 Å². The highest BCUT2D eigenvalue weighted by atomic mass is 16.5. The van der Waals surface area contributed by atoms with E-state index in [0.29, 0.717) is 42.6 Å². The number of phenols is 1. The molecule has 0 saturated carbocycles. The molecule has 7 nitrogen and oxygen atoms in total. The van der Waals surface area contributed by atoms with E-state index in [1.807, 2.05) is 13.0 Å². The van der Waals surface area contributed by atoms with Crippen LogP contribution in [0.5, 0.6) is 11.5 Å². The number of carbonyl (C=O) groups excluding carboxylic acids is 1. The van der Waals surface area contributed by atoms with E-state index < -0.39 is 5.91 Å². The first-order valence-electron chi connectivity index (χ1n) is 9.12. The first kappa shape index (κ1) is 20.0. The number of carbonyl (C=O) groups is 1. The number of imidazole rings is 1. The van der Waals surface area contributed by atoms with Gasteiger partial charge in [0, 0.05) is 36.0 Å². The van der Waals surface area contributed by atoms with Crippen LogP contribution in [0.1, 0.15) is 12.5 Å². The molecule has 29 heavy (non-hydrogen) atoms. The van der Waals surface area contributed by atoms with Crippen LogP contribution in [0.25, 0.3) is 11.4 Å². The zero-order chi connectivity index (χ0) is 20.5. The molecule has 0 spiro atoms. The number of ether oxygens (including phenoxy) is 2. The van der Waals surface area contributed by atoms with Gasteiger partial charge >= 0.3 is 5.91 Å². The Morgan fingerprint density at radius 2 is 2.03 bits per heavy atom. The molecule has 2 aromatic carbocycles. The number of hydrogen-bond acceptors (Lipinski definition) is 5. The summed E-state index contributed by atoms with van der Waals surface area (Å²) in [5.41, 5.74) is 1.91. The molecule has 1 aromatic heterocycles. The topological polar surface area (TPSA) is 96.5 Å². The van der Waals surface area contributed by atoms with Crippen LogP contribution in [0, 0.1) is 11.8 Å². The molecule has 3 rings (SSSR count). The van der Waals surface area contributed by atoms with Gasteiger partial charge < -0.3 is 24.9 Å². The van der Waals surface area contributed by atoms with Gasteiger partial charge in [0.25, 0.3) is 0 Å². The lowest BCUT2D eigenvalue weighted by Crippen LogP contribution is -2.12. The van der Waals surface area contributed by atoms with Crippen LogP contribution in [-0.2, 0) is 9.53 Å². The fourth-order valence-electron chi connectivity index (χ4n) is 2.51. The first-order chi connectivity index (χ1) is 14.2. The lowest BCUT2D eigenvalue weighted by atomic mass is 10.1. The SMILES string of the molecule is CCOCCOc1ccc(-c2ncc[nH]2)cc1NC(=O)C#Cc1ccc(O)cc1. The molecular weight excluding hydrogens is 370 g/mol. The van der Waals surface area contributed by atoms with Crippen LogP contribution >= 0.6 is 0 Å². The van der Waals surface area contributed by atoms with E-state index in [-0.39, 0.29) is 5.75 Å². The molecule has 0 fully saturated rings. The number of aromatic hydroxyl groups is 1. The van der Waals surface area contributed by atoms with Crippen LogP contribution in [-0.4, -0.2) is 40.8 Å². The summed E-state index contributed by atoms with van der Waals surface area (Å²) in [7, 11) is 0. The minimum atomic E-state index is -0.482. The molecule has 0 radical (unpaired) electrons. The summed E-state index contributed by atoms with van der Waals surface area (Å²) >= 11 is 0. The van der Waals surface area contributed by atoms with Gasteiger partial charge in [0.2, 0.25) is 0 Å². The Kier molecular flexibility index (Phi) is 6.87. The molecule has 7 heteroatoms. The standard InChI is InChI=1S/C22H21N3O4/c1-2-28-13-14-29-20-9-6-17(22-23-11-12-24-22)15-19(20)25-21(27)10-5-16-3-7-18(26)8-4-16/h3-4,6-9,11-12,15,26H,2,13-14H2,1H3,(H,23,24)(H,25,27). The van der Waals surface area contributed by atoms with Crippen molar-refractivity contribution in [1.29, 1.82) is 0 Å². The highest BCUT2D eigenvalue weighted by Gasteiger charge is 2.10. The molecular formula is C22H21N3O4. The van der Waals surface area contributed by atoms with E-state index >= 15 is 0 Å². The van der Waals surface area contributed by atoms with Gasteiger partial charge in [-0.3, -0.25) is 4.79 Å². The summed E-state index contributed by atoms with van der Waals surface area (Å²) in [6.45, 7) is 3.33. The summed E-state index contributed by atoms with van der Waals surface area (Å²) in [5.74, 6) is 6.15. The van der Waals surface area contributed by atoms with Crippen LogP contribution in [0.15, 0.2) is 54.9 Å². The van der Waals surface area contributed by atoms with Crippen molar-refractivity contribution in [1.82, 2.24) is 9.97 Å². The molecule has 3 N–H and O–H groups in total. The Hall–Kier alpha value is -3.76. The summed E-state index contributed by atoms with van der Waals surface area (Å²) < 4.78 is 11.0. The number of aromatic amines is 1. The number of nitrogens with zero attached hydrogens (tertiary/aromatic N) is 1. The summed E-state index contributed by atoms with van der Waals surface area (Å²) in [6.07, 6.45) is 3.38. The number of H-pyrrole nitrogens is 1. The number of nitrogens with one attached hydrogen (secondary N) is 2. The molecule has 3 aromatic rings. The van der Waals surface area contributed by atoms with E-state index in [9.17, 15) is 9.90 Å². The molecule has 0 atom stereocenters. The highest BCUT2D eigenvalue weighted by Crippen LogP contribution is 2.29. The van der Waals surface area contributed by atoms with Crippen molar-refractivity contribution in [2.24, 2.45) is 0 Å². The highest BCUT2D eigenvalue weighted by molar-refractivity contribution is 6.05. The Labute approximate surface area is 168 Å². The summed E-state index contributed by atoms with van der Waals surface area (Å²) in [5, 5.41) is 12.1. The van der Waals surface area contributed by atoms with Gasteiger partial charge in [-0.05, 0) is 49.4 Å². The molecule has 1 amide bonds. The van der Waals surface area contributed by atoms with Crippen molar-refractivity contribution in [3.63, 3.8) is 0 Å². The zero-order valence-corrected chi connectivity index (χ0v) is 15.9. The average molecular weight is 391 g/mol. The van der Waals surface area contributed by atoms with Crippen molar-refractivity contribution >= 4 is 11.6 Å². The second kappa shape index (κ2) is 9.97. The normalized spacial score (nSPS) is 10.1. The smallest absolute Gasteiger partial charge is 0.300 e. The molecule has 0 bridgehead atoms. The number of hydrogen-bond donors (Lipinski definition) is 3. The van der Waals surface area contributed by atoms with Crippen LogP contribution in [0.2, 0.25) is 0 Å². The van der Waals surface area contributed by atoms with Gasteiger partial charge in [-0.15, -0.1) is 0 Å². The molecule has 1 heterocycles. The Morgan fingerprint density at radius 3 is 2.76 bits per heavy atom. The first-order valence-corrected chi connectivity index (χ1v) is 9.12. The summed E-state index contributed by atoms with van der Waals surface area (Å²) in [6, 6.07) is 11.7. The van der Waals surface area contributed by atoms with Crippen molar-refractivity contribution < 1.29 is 19.4 Å². The number of benzene rings is 2. The van der Waals surface area contributed by atoms with E-state index in [1.165, 1.54) is 12.1 Å². The molecule has 0 saturated heterocycles. The predicted octanol–water partition coefficient (Wildman–Crippen LogP) is 3.19. The van der Waals surface area contributed by atoms with E-state index in [0.717, 1.165) is 5.56 Å². The fraction of sp³-hybridized carbons (Fsp3) is 0.182. The molecule has 0 aliphatic carbocycles. The number of anilines is 1. The number of aromatic nitrogens is 2. The van der Waals surface area contributed by atoms with Crippen LogP contribution in [0.4, 0.5) is 5.69 Å². The molecule has 148 valence electrons. The molecule has 0 unspecified atom stereocenters. The lowest BCUT2D eigenvalue weighted by Gasteiger charge is -2.12. The maximum absolute atomic E-state index is 12.3. The maximum atomic E-state index is 12.3. The minimum absolute atomic E-state index is 0.142. The van der Waals surface area contributed by atoms with Gasteiger partial charge in [0.05, 0.1) is 12.3 Å². The van der Waals surface area contributed by atoms with Gasteiger partial charge in [0.15, 0.2) is 0 Å². The number of rotatable bonds is 7. The second-order valence-corrected chi connectivity index (χ2v) is 5.95. The lowest BCUT2D eigenvalue weighted by molar-refractivity contribution is -0.111. The Morgan fingerprint density at radius 1 is 1.21 bits per heavy atom. The van der Waals surface area contributed by atoms with Gasteiger partial charge in [0.1, 0.15) is 23.9 Å². The fourth-order valence-corrected chi connectivity index (χ4v) is 2.51.